The van der Waals surface area contributed by atoms with E-state index in [1.807, 2.05) is 6.07 Å². The molecule has 0 fully saturated rings. The molecule has 19 heavy (non-hydrogen) atoms. The summed E-state index contributed by atoms with van der Waals surface area (Å²) in [5.74, 6) is 4.71. The van der Waals surface area contributed by atoms with Crippen LogP contribution in [0.4, 0.5) is 0 Å². The second kappa shape index (κ2) is 7.83. The Labute approximate surface area is 113 Å². The average Bonchev–Trinajstić information content (AvgIpc) is 2.43. The molecule has 1 rings (SSSR count). The number of nitrogens with one attached hydrogen (secondary N) is 1. The first kappa shape index (κ1) is 15.6. The van der Waals surface area contributed by atoms with Crippen LogP contribution in [-0.4, -0.2) is 40.1 Å². The number of rotatable bonds is 7. The number of pyridine rings is 1. The van der Waals surface area contributed by atoms with Gasteiger partial charge in [-0.05, 0) is 32.4 Å². The number of aromatic nitrogens is 1. The van der Waals surface area contributed by atoms with Gasteiger partial charge in [-0.2, -0.15) is 0 Å². The lowest BCUT2D eigenvalue weighted by Gasteiger charge is -2.25. The Kier molecular flexibility index (Phi) is 6.41. The molecule has 0 unspecified atom stereocenters. The number of hydrazine groups is 1. The Hall–Kier alpha value is -1.50. The molecule has 1 aromatic heterocycles. The number of carbonyl (C=O) groups excluding carboxylic acids is 1. The van der Waals surface area contributed by atoms with Crippen molar-refractivity contribution in [2.75, 3.05) is 13.2 Å². The van der Waals surface area contributed by atoms with E-state index in [0.29, 0.717) is 18.2 Å². The van der Waals surface area contributed by atoms with E-state index in [9.17, 15) is 4.79 Å². The number of hydrogen-bond acceptors (Lipinski definition) is 5. The third-order valence-electron chi connectivity index (χ3n) is 2.92. The fraction of sp³-hybridized carbons (Fsp3) is 0.538. The lowest BCUT2D eigenvalue weighted by Crippen LogP contribution is -2.32. The number of aliphatic hydroxyl groups excluding tert-OH is 1. The molecular weight excluding hydrogens is 244 g/mol. The number of nitrogen functional groups attached to an aromatic ring is 1. The van der Waals surface area contributed by atoms with Crippen molar-refractivity contribution >= 4 is 5.91 Å². The van der Waals surface area contributed by atoms with Crippen LogP contribution in [0.5, 0.6) is 0 Å². The molecule has 6 nitrogen and oxygen atoms in total. The third-order valence-corrected chi connectivity index (χ3v) is 2.92. The highest BCUT2D eigenvalue weighted by Gasteiger charge is 2.11. The Morgan fingerprint density at radius 2 is 2.26 bits per heavy atom. The van der Waals surface area contributed by atoms with Crippen LogP contribution in [0, 0.1) is 0 Å². The van der Waals surface area contributed by atoms with E-state index < -0.39 is 0 Å². The molecular formula is C13H22N4O2. The molecule has 1 heterocycles. The van der Waals surface area contributed by atoms with Gasteiger partial charge in [0, 0.05) is 31.9 Å². The minimum Gasteiger partial charge on any atom is -0.396 e. The predicted octanol–water partition coefficient (Wildman–Crippen LogP) is 0.278. The van der Waals surface area contributed by atoms with Crippen LogP contribution in [0.25, 0.3) is 0 Å². The Balaban J connectivity index is 2.66. The molecule has 0 aliphatic rings. The van der Waals surface area contributed by atoms with Crippen molar-refractivity contribution in [3.8, 4) is 0 Å². The molecule has 0 aromatic carbocycles. The molecule has 0 aliphatic heterocycles. The van der Waals surface area contributed by atoms with E-state index in [2.05, 4.69) is 29.2 Å². The molecule has 0 radical (unpaired) electrons. The third kappa shape index (κ3) is 4.94. The first-order valence-electron chi connectivity index (χ1n) is 6.39. The van der Waals surface area contributed by atoms with Crippen molar-refractivity contribution in [1.82, 2.24) is 15.3 Å². The topological polar surface area (TPSA) is 91.5 Å². The molecule has 0 saturated carbocycles. The molecule has 4 N–H and O–H groups in total. The maximum Gasteiger partial charge on any atom is 0.266 e. The van der Waals surface area contributed by atoms with Gasteiger partial charge < -0.3 is 5.11 Å². The summed E-state index contributed by atoms with van der Waals surface area (Å²) >= 11 is 0. The highest BCUT2D eigenvalue weighted by Crippen LogP contribution is 2.08. The molecule has 0 bridgehead atoms. The molecule has 106 valence electrons. The van der Waals surface area contributed by atoms with Crippen LogP contribution >= 0.6 is 0 Å². The van der Waals surface area contributed by atoms with Gasteiger partial charge in [-0.1, -0.05) is 0 Å². The number of nitrogens with zero attached hydrogens (tertiary/aromatic N) is 2. The maximum absolute atomic E-state index is 11.3. The van der Waals surface area contributed by atoms with Crippen molar-refractivity contribution < 1.29 is 9.90 Å². The molecule has 6 heteroatoms. The number of amides is 1. The van der Waals surface area contributed by atoms with E-state index in [-0.39, 0.29) is 12.5 Å². The van der Waals surface area contributed by atoms with E-state index >= 15 is 0 Å². The number of carbonyl (C=O) groups is 1. The van der Waals surface area contributed by atoms with Gasteiger partial charge in [-0.3, -0.25) is 20.1 Å². The first-order valence-corrected chi connectivity index (χ1v) is 6.39. The van der Waals surface area contributed by atoms with Gasteiger partial charge in [0.25, 0.3) is 5.91 Å². The molecule has 0 aliphatic carbocycles. The van der Waals surface area contributed by atoms with Crippen LogP contribution in [0.1, 0.15) is 36.3 Å². The van der Waals surface area contributed by atoms with Crippen molar-refractivity contribution in [3.63, 3.8) is 0 Å². The number of nitrogens with two attached hydrogens (primary N) is 1. The summed E-state index contributed by atoms with van der Waals surface area (Å²) < 4.78 is 0. The average molecular weight is 266 g/mol. The van der Waals surface area contributed by atoms with Gasteiger partial charge in [0.2, 0.25) is 0 Å². The van der Waals surface area contributed by atoms with E-state index in [1.54, 1.807) is 6.07 Å². The first-order chi connectivity index (χ1) is 9.08. The standard InChI is InChI=1S/C13H22N4O2/c1-10(2)17(6-3-7-18)9-12-5-4-11(8-15-12)13(19)16-14/h4-5,8,10,18H,3,6-7,9,14H2,1-2H3,(H,16,19). The highest BCUT2D eigenvalue weighted by atomic mass is 16.3. The monoisotopic (exact) mass is 266 g/mol. The van der Waals surface area contributed by atoms with Crippen LogP contribution in [-0.2, 0) is 6.54 Å². The summed E-state index contributed by atoms with van der Waals surface area (Å²) in [6.07, 6.45) is 2.26. The smallest absolute Gasteiger partial charge is 0.266 e. The minimum atomic E-state index is -0.347. The lowest BCUT2D eigenvalue weighted by atomic mass is 10.2. The second-order valence-electron chi connectivity index (χ2n) is 4.65. The maximum atomic E-state index is 11.3. The van der Waals surface area contributed by atoms with Gasteiger partial charge >= 0.3 is 0 Å². The van der Waals surface area contributed by atoms with Gasteiger partial charge in [0.05, 0.1) is 11.3 Å². The van der Waals surface area contributed by atoms with Gasteiger partial charge in [0.15, 0.2) is 0 Å². The van der Waals surface area contributed by atoms with Crippen LogP contribution in [0.3, 0.4) is 0 Å². The molecule has 1 aromatic rings. The van der Waals surface area contributed by atoms with Crippen LogP contribution in [0.2, 0.25) is 0 Å². The van der Waals surface area contributed by atoms with E-state index in [1.165, 1.54) is 6.20 Å². The Morgan fingerprint density at radius 1 is 1.53 bits per heavy atom. The number of aliphatic hydroxyl groups is 1. The summed E-state index contributed by atoms with van der Waals surface area (Å²) in [5, 5.41) is 8.89. The summed E-state index contributed by atoms with van der Waals surface area (Å²) in [5.41, 5.74) is 3.40. The molecule has 0 atom stereocenters. The van der Waals surface area contributed by atoms with Crippen LogP contribution < -0.4 is 11.3 Å². The van der Waals surface area contributed by atoms with Crippen molar-refractivity contribution in [2.45, 2.75) is 32.9 Å². The number of hydrogen-bond donors (Lipinski definition) is 3. The largest absolute Gasteiger partial charge is 0.396 e. The fourth-order valence-electron chi connectivity index (χ4n) is 1.74. The van der Waals surface area contributed by atoms with Gasteiger partial charge in [0.1, 0.15) is 0 Å². The van der Waals surface area contributed by atoms with E-state index in [4.69, 9.17) is 10.9 Å². The Bertz CT molecular complexity index is 392. The zero-order valence-electron chi connectivity index (χ0n) is 11.5. The van der Waals surface area contributed by atoms with Crippen molar-refractivity contribution in [2.24, 2.45) is 5.84 Å². The van der Waals surface area contributed by atoms with Crippen molar-refractivity contribution in [3.05, 3.63) is 29.6 Å². The quantitative estimate of drug-likeness (QED) is 0.374. The summed E-state index contributed by atoms with van der Waals surface area (Å²) in [7, 11) is 0. The second-order valence-corrected chi connectivity index (χ2v) is 4.65. The summed E-state index contributed by atoms with van der Waals surface area (Å²) in [6.45, 7) is 5.91. The van der Waals surface area contributed by atoms with Gasteiger partial charge in [-0.15, -0.1) is 0 Å². The lowest BCUT2D eigenvalue weighted by molar-refractivity contribution is 0.0953. The van der Waals surface area contributed by atoms with Crippen LogP contribution in [0.15, 0.2) is 18.3 Å². The van der Waals surface area contributed by atoms with E-state index in [0.717, 1.165) is 18.7 Å². The SMILES string of the molecule is CC(C)N(CCCO)Cc1ccc(C(=O)NN)cn1. The molecule has 0 spiro atoms. The minimum absolute atomic E-state index is 0.187. The highest BCUT2D eigenvalue weighted by molar-refractivity contribution is 5.93. The zero-order chi connectivity index (χ0) is 14.3. The van der Waals surface area contributed by atoms with Gasteiger partial charge in [-0.25, -0.2) is 5.84 Å². The summed E-state index contributed by atoms with van der Waals surface area (Å²) in [6, 6.07) is 3.90. The predicted molar refractivity (Wildman–Crippen MR) is 73.1 cm³/mol. The normalized spacial score (nSPS) is 11.1. The summed E-state index contributed by atoms with van der Waals surface area (Å²) in [4.78, 5) is 17.8. The molecule has 0 saturated heterocycles. The van der Waals surface area contributed by atoms with Crippen molar-refractivity contribution in [1.29, 1.82) is 0 Å². The molecule has 1 amide bonds. The fourth-order valence-corrected chi connectivity index (χ4v) is 1.74. The Morgan fingerprint density at radius 3 is 2.74 bits per heavy atom. The zero-order valence-corrected chi connectivity index (χ0v) is 11.5.